The van der Waals surface area contributed by atoms with Gasteiger partial charge in [0.15, 0.2) is 0 Å². The van der Waals surface area contributed by atoms with Crippen molar-refractivity contribution in [2.24, 2.45) is 0 Å². The second-order valence-electron chi connectivity index (χ2n) is 11.4. The van der Waals surface area contributed by atoms with Crippen LogP contribution in [0.1, 0.15) is 16.8 Å². The van der Waals surface area contributed by atoms with Crippen LogP contribution in [-0.4, -0.2) is 11.5 Å². The van der Waals surface area contributed by atoms with Crippen LogP contribution >= 0.6 is 0 Å². The summed E-state index contributed by atoms with van der Waals surface area (Å²) in [7, 11) is 0. The fourth-order valence-electron chi connectivity index (χ4n) is 6.47. The molecule has 43 heavy (non-hydrogen) atoms. The first kappa shape index (κ1) is 25.3. The van der Waals surface area contributed by atoms with Crippen molar-refractivity contribution in [3.8, 4) is 22.3 Å². The second kappa shape index (κ2) is 10.4. The monoisotopic (exact) mass is 550 g/mol. The molecule has 0 saturated carbocycles. The van der Waals surface area contributed by atoms with Crippen LogP contribution in [0.4, 0.5) is 0 Å². The Morgan fingerprint density at radius 2 is 1.14 bits per heavy atom. The van der Waals surface area contributed by atoms with Crippen molar-refractivity contribution in [2.75, 3.05) is 6.54 Å². The molecule has 0 radical (unpaired) electrons. The minimum absolute atomic E-state index is 0.793. The molecule has 1 aromatic heterocycles. The van der Waals surface area contributed by atoms with Crippen LogP contribution in [0.3, 0.4) is 0 Å². The highest BCUT2D eigenvalue weighted by molar-refractivity contribution is 6.21. The summed E-state index contributed by atoms with van der Waals surface area (Å²) in [4.78, 5) is 4.63. The van der Waals surface area contributed by atoms with E-state index in [4.69, 9.17) is 0 Å². The standard InChI is InChI=1S/C41H30N2/c1-27-14-21-39(43-24-27)34-23-33(25-42-26-34)29-15-18-30(19-16-29)40-35-10-4-6-12-37(35)41(38-13-7-5-11-36(38)40)32-20-17-28-8-2-3-9-31(28)22-32/h2-24,26,42H,25H2,1H3. The number of allylic oxidation sites excluding steroid dienone is 2. The van der Waals surface area contributed by atoms with Crippen molar-refractivity contribution >= 4 is 43.5 Å². The van der Waals surface area contributed by atoms with E-state index in [1.807, 2.05) is 6.20 Å². The van der Waals surface area contributed by atoms with Gasteiger partial charge in [-0.1, -0.05) is 115 Å². The van der Waals surface area contributed by atoms with E-state index in [0.717, 1.165) is 17.8 Å². The van der Waals surface area contributed by atoms with Gasteiger partial charge in [-0.05, 0) is 96.4 Å². The van der Waals surface area contributed by atoms with Gasteiger partial charge in [-0.2, -0.15) is 0 Å². The highest BCUT2D eigenvalue weighted by atomic mass is 14.8. The van der Waals surface area contributed by atoms with Crippen molar-refractivity contribution in [1.82, 2.24) is 10.3 Å². The molecule has 0 amide bonds. The van der Waals surface area contributed by atoms with Gasteiger partial charge in [0.2, 0.25) is 0 Å². The van der Waals surface area contributed by atoms with E-state index in [1.165, 1.54) is 71.3 Å². The van der Waals surface area contributed by atoms with Crippen LogP contribution in [0.15, 0.2) is 146 Å². The number of rotatable bonds is 4. The summed E-state index contributed by atoms with van der Waals surface area (Å²) < 4.78 is 0. The van der Waals surface area contributed by atoms with Crippen molar-refractivity contribution in [3.63, 3.8) is 0 Å². The van der Waals surface area contributed by atoms with E-state index in [1.54, 1.807) is 0 Å². The Hall–Kier alpha value is -5.47. The van der Waals surface area contributed by atoms with Gasteiger partial charge in [0, 0.05) is 24.5 Å². The molecule has 1 aliphatic heterocycles. The molecule has 0 aliphatic carbocycles. The predicted octanol–water partition coefficient (Wildman–Crippen LogP) is 10.2. The lowest BCUT2D eigenvalue weighted by atomic mass is 9.85. The molecule has 7 aromatic rings. The van der Waals surface area contributed by atoms with Gasteiger partial charge in [0.1, 0.15) is 0 Å². The molecule has 1 N–H and O–H groups in total. The lowest BCUT2D eigenvalue weighted by Gasteiger charge is -2.19. The average molecular weight is 551 g/mol. The lowest BCUT2D eigenvalue weighted by molar-refractivity contribution is 0.987. The highest BCUT2D eigenvalue weighted by Crippen LogP contribution is 2.44. The first-order valence-electron chi connectivity index (χ1n) is 14.8. The highest BCUT2D eigenvalue weighted by Gasteiger charge is 2.17. The summed E-state index contributed by atoms with van der Waals surface area (Å²) in [5.41, 5.74) is 10.8. The number of pyridine rings is 1. The van der Waals surface area contributed by atoms with Crippen molar-refractivity contribution in [3.05, 3.63) is 163 Å². The largest absolute Gasteiger partial charge is 0.386 e. The molecule has 2 heterocycles. The summed E-state index contributed by atoms with van der Waals surface area (Å²) in [6, 6.07) is 46.4. The lowest BCUT2D eigenvalue weighted by Crippen LogP contribution is -2.14. The first-order valence-corrected chi connectivity index (χ1v) is 14.8. The number of benzene rings is 6. The number of dihydropyridines is 1. The zero-order valence-corrected chi connectivity index (χ0v) is 24.0. The zero-order valence-electron chi connectivity index (χ0n) is 24.0. The number of nitrogens with one attached hydrogen (secondary N) is 1. The van der Waals surface area contributed by atoms with Gasteiger partial charge in [-0.3, -0.25) is 4.98 Å². The Morgan fingerprint density at radius 1 is 0.558 bits per heavy atom. The van der Waals surface area contributed by atoms with Crippen LogP contribution in [0.2, 0.25) is 0 Å². The smallest absolute Gasteiger partial charge is 0.0716 e. The van der Waals surface area contributed by atoms with Gasteiger partial charge in [0.05, 0.1) is 5.69 Å². The summed E-state index contributed by atoms with van der Waals surface area (Å²) in [6.45, 7) is 2.86. The summed E-state index contributed by atoms with van der Waals surface area (Å²) in [5, 5.41) is 11.1. The number of fused-ring (bicyclic) bond motifs is 3. The van der Waals surface area contributed by atoms with Gasteiger partial charge >= 0.3 is 0 Å². The van der Waals surface area contributed by atoms with Crippen LogP contribution in [0.5, 0.6) is 0 Å². The number of aromatic nitrogens is 1. The summed E-state index contributed by atoms with van der Waals surface area (Å²) >= 11 is 0. The molecular weight excluding hydrogens is 520 g/mol. The Morgan fingerprint density at radius 3 is 1.79 bits per heavy atom. The summed E-state index contributed by atoms with van der Waals surface area (Å²) in [5.74, 6) is 0. The molecule has 0 fully saturated rings. The Bertz CT molecular complexity index is 2160. The molecule has 2 nitrogen and oxygen atoms in total. The zero-order chi connectivity index (χ0) is 28.8. The molecule has 8 rings (SSSR count). The average Bonchev–Trinajstić information content (AvgIpc) is 3.07. The molecule has 0 saturated heterocycles. The fourth-order valence-corrected chi connectivity index (χ4v) is 6.47. The minimum atomic E-state index is 0.793. The second-order valence-corrected chi connectivity index (χ2v) is 11.4. The topological polar surface area (TPSA) is 24.9 Å². The van der Waals surface area contributed by atoms with E-state index in [2.05, 4.69) is 157 Å². The third-order valence-electron chi connectivity index (χ3n) is 8.60. The van der Waals surface area contributed by atoms with Crippen LogP contribution in [0, 0.1) is 6.92 Å². The van der Waals surface area contributed by atoms with E-state index in [0.29, 0.717) is 0 Å². The molecule has 2 heteroatoms. The fraction of sp³-hybridized carbons (Fsp3) is 0.0488. The van der Waals surface area contributed by atoms with Crippen LogP contribution in [-0.2, 0) is 0 Å². The molecule has 1 aliphatic rings. The molecule has 0 atom stereocenters. The number of hydrogen-bond donors (Lipinski definition) is 1. The summed E-state index contributed by atoms with van der Waals surface area (Å²) in [6.07, 6.45) is 6.24. The maximum atomic E-state index is 4.63. The van der Waals surface area contributed by atoms with E-state index in [-0.39, 0.29) is 0 Å². The number of hydrogen-bond acceptors (Lipinski definition) is 2. The van der Waals surface area contributed by atoms with Crippen molar-refractivity contribution < 1.29 is 0 Å². The van der Waals surface area contributed by atoms with Crippen LogP contribution in [0.25, 0.3) is 65.7 Å². The van der Waals surface area contributed by atoms with Crippen molar-refractivity contribution in [2.45, 2.75) is 6.92 Å². The molecule has 0 bridgehead atoms. The maximum absolute atomic E-state index is 4.63. The Labute approximate surface area is 251 Å². The van der Waals surface area contributed by atoms with Crippen LogP contribution < -0.4 is 5.32 Å². The maximum Gasteiger partial charge on any atom is 0.0716 e. The molecule has 204 valence electrons. The normalized spacial score (nSPS) is 13.1. The number of aryl methyl sites for hydroxylation is 1. The molecule has 0 unspecified atom stereocenters. The van der Waals surface area contributed by atoms with E-state index in [9.17, 15) is 0 Å². The van der Waals surface area contributed by atoms with Crippen molar-refractivity contribution in [1.29, 1.82) is 0 Å². The van der Waals surface area contributed by atoms with Gasteiger partial charge in [0.25, 0.3) is 0 Å². The van der Waals surface area contributed by atoms with Gasteiger partial charge in [-0.25, -0.2) is 0 Å². The minimum Gasteiger partial charge on any atom is -0.386 e. The molecular formula is C41H30N2. The quantitative estimate of drug-likeness (QED) is 0.221. The predicted molar refractivity (Wildman–Crippen MR) is 183 cm³/mol. The van der Waals surface area contributed by atoms with Gasteiger partial charge < -0.3 is 5.32 Å². The Kier molecular flexibility index (Phi) is 6.12. The Balaban J connectivity index is 1.26. The number of nitrogens with zero attached hydrogens (tertiary/aromatic N) is 1. The van der Waals surface area contributed by atoms with E-state index >= 15 is 0 Å². The third kappa shape index (κ3) is 4.49. The van der Waals surface area contributed by atoms with E-state index < -0.39 is 0 Å². The first-order chi connectivity index (χ1) is 21.2. The third-order valence-corrected chi connectivity index (χ3v) is 8.60. The van der Waals surface area contributed by atoms with Gasteiger partial charge in [-0.15, -0.1) is 0 Å². The molecule has 6 aromatic carbocycles. The SMILES string of the molecule is Cc1ccc(C2=CNCC(c3ccc(-c4c5ccccc5c(-c5ccc6ccccc6c5)c5ccccc45)cc3)=C2)nc1. The molecule has 0 spiro atoms.